The zero-order valence-electron chi connectivity index (χ0n) is 14.5. The molecule has 7 heteroatoms. The number of unbranched alkanes of at least 4 members (excludes halogenated alkanes) is 4. The van der Waals surface area contributed by atoms with Crippen molar-refractivity contribution in [1.82, 2.24) is 4.31 Å². The van der Waals surface area contributed by atoms with Crippen molar-refractivity contribution < 1.29 is 23.4 Å². The standard InChI is InChI=1S/C16H33NO5S/c1-3-4-6-10-15(18)11-9-14-17(23(2,21)22)13-8-5-7-12-16(19)20/h15,18H,3-14H2,1-2H3,(H,19,20). The molecule has 23 heavy (non-hydrogen) atoms. The zero-order valence-corrected chi connectivity index (χ0v) is 15.4. The van der Waals surface area contributed by atoms with Gasteiger partial charge in [-0.25, -0.2) is 12.7 Å². The zero-order chi connectivity index (χ0) is 17.7. The molecule has 0 bridgehead atoms. The third-order valence-corrected chi connectivity index (χ3v) is 5.16. The van der Waals surface area contributed by atoms with Crippen molar-refractivity contribution in [2.24, 2.45) is 0 Å². The molecule has 0 aliphatic heterocycles. The van der Waals surface area contributed by atoms with Gasteiger partial charge in [-0.1, -0.05) is 32.6 Å². The SMILES string of the molecule is CCCCCC(O)CCCN(CCCCCC(=O)O)S(C)(=O)=O. The van der Waals surface area contributed by atoms with Crippen LogP contribution in [0.3, 0.4) is 0 Å². The smallest absolute Gasteiger partial charge is 0.303 e. The van der Waals surface area contributed by atoms with Gasteiger partial charge in [-0.3, -0.25) is 4.79 Å². The van der Waals surface area contributed by atoms with Gasteiger partial charge in [0, 0.05) is 19.5 Å². The van der Waals surface area contributed by atoms with Crippen molar-refractivity contribution >= 4 is 16.0 Å². The largest absolute Gasteiger partial charge is 0.481 e. The third kappa shape index (κ3) is 13.5. The number of carbonyl (C=O) groups is 1. The first-order valence-corrected chi connectivity index (χ1v) is 10.5. The first-order chi connectivity index (χ1) is 10.8. The average Bonchev–Trinajstić information content (AvgIpc) is 2.43. The summed E-state index contributed by atoms with van der Waals surface area (Å²) >= 11 is 0. The summed E-state index contributed by atoms with van der Waals surface area (Å²) in [7, 11) is -3.25. The van der Waals surface area contributed by atoms with E-state index in [0.717, 1.165) is 25.7 Å². The Labute approximate surface area is 140 Å². The van der Waals surface area contributed by atoms with Gasteiger partial charge < -0.3 is 10.2 Å². The lowest BCUT2D eigenvalue weighted by Gasteiger charge is -2.20. The first kappa shape index (κ1) is 22.3. The molecule has 1 atom stereocenters. The van der Waals surface area contributed by atoms with Crippen molar-refractivity contribution in [3.8, 4) is 0 Å². The number of rotatable bonds is 15. The predicted molar refractivity (Wildman–Crippen MR) is 91.9 cm³/mol. The minimum Gasteiger partial charge on any atom is -0.481 e. The molecule has 0 rings (SSSR count). The summed E-state index contributed by atoms with van der Waals surface area (Å²) in [6, 6.07) is 0. The molecule has 0 aromatic rings. The molecule has 0 aliphatic rings. The fourth-order valence-corrected chi connectivity index (χ4v) is 3.38. The van der Waals surface area contributed by atoms with Crippen molar-refractivity contribution in [2.75, 3.05) is 19.3 Å². The minimum atomic E-state index is -3.25. The molecule has 0 radical (unpaired) electrons. The van der Waals surface area contributed by atoms with Crippen molar-refractivity contribution in [1.29, 1.82) is 0 Å². The maximum atomic E-state index is 11.8. The molecule has 0 saturated carbocycles. The first-order valence-electron chi connectivity index (χ1n) is 8.62. The van der Waals surface area contributed by atoms with E-state index in [-0.39, 0.29) is 12.5 Å². The normalized spacial score (nSPS) is 13.4. The number of hydrogen-bond acceptors (Lipinski definition) is 4. The number of aliphatic hydroxyl groups is 1. The van der Waals surface area contributed by atoms with Crippen LogP contribution in [-0.4, -0.2) is 54.4 Å². The highest BCUT2D eigenvalue weighted by atomic mass is 32.2. The van der Waals surface area contributed by atoms with Crippen LogP contribution in [0, 0.1) is 0 Å². The molecule has 0 fully saturated rings. The van der Waals surface area contributed by atoms with Crippen molar-refractivity contribution in [2.45, 2.75) is 77.2 Å². The highest BCUT2D eigenvalue weighted by Crippen LogP contribution is 2.11. The highest BCUT2D eigenvalue weighted by Gasteiger charge is 2.16. The van der Waals surface area contributed by atoms with Gasteiger partial charge in [0.1, 0.15) is 0 Å². The Morgan fingerprint density at radius 2 is 1.61 bits per heavy atom. The van der Waals surface area contributed by atoms with Gasteiger partial charge in [-0.05, 0) is 32.1 Å². The molecule has 0 spiro atoms. The van der Waals surface area contributed by atoms with Crippen molar-refractivity contribution in [3.05, 3.63) is 0 Å². The van der Waals surface area contributed by atoms with Crippen LogP contribution in [-0.2, 0) is 14.8 Å². The van der Waals surface area contributed by atoms with Crippen LogP contribution < -0.4 is 0 Å². The molecule has 0 aliphatic carbocycles. The van der Waals surface area contributed by atoms with Crippen LogP contribution in [0.25, 0.3) is 0 Å². The molecule has 138 valence electrons. The topological polar surface area (TPSA) is 94.9 Å². The summed E-state index contributed by atoms with van der Waals surface area (Å²) in [5.41, 5.74) is 0. The Hall–Kier alpha value is -0.660. The van der Waals surface area contributed by atoms with E-state index in [4.69, 9.17) is 5.11 Å². The van der Waals surface area contributed by atoms with Gasteiger partial charge >= 0.3 is 5.97 Å². The summed E-state index contributed by atoms with van der Waals surface area (Å²) in [6.07, 6.45) is 8.21. The monoisotopic (exact) mass is 351 g/mol. The summed E-state index contributed by atoms with van der Waals surface area (Å²) in [5, 5.41) is 18.4. The highest BCUT2D eigenvalue weighted by molar-refractivity contribution is 7.88. The Kier molecular flexibility index (Phi) is 12.4. The van der Waals surface area contributed by atoms with Gasteiger partial charge in [0.05, 0.1) is 12.4 Å². The van der Waals surface area contributed by atoms with Gasteiger partial charge in [0.25, 0.3) is 0 Å². The molecule has 0 saturated heterocycles. The fourth-order valence-electron chi connectivity index (χ4n) is 2.46. The van der Waals surface area contributed by atoms with Gasteiger partial charge in [0.15, 0.2) is 0 Å². The number of hydrogen-bond donors (Lipinski definition) is 2. The number of aliphatic hydroxyl groups excluding tert-OH is 1. The third-order valence-electron chi connectivity index (χ3n) is 3.85. The Balaban J connectivity index is 4.00. The van der Waals surface area contributed by atoms with E-state index >= 15 is 0 Å². The molecule has 6 nitrogen and oxygen atoms in total. The Bertz CT molecular complexity index is 411. The van der Waals surface area contributed by atoms with Crippen LogP contribution in [0.5, 0.6) is 0 Å². The van der Waals surface area contributed by atoms with Gasteiger partial charge in [-0.15, -0.1) is 0 Å². The lowest BCUT2D eigenvalue weighted by atomic mass is 10.1. The van der Waals surface area contributed by atoms with Crippen LogP contribution in [0.1, 0.15) is 71.1 Å². The van der Waals surface area contributed by atoms with Crippen LogP contribution in [0.2, 0.25) is 0 Å². The predicted octanol–water partition coefficient (Wildman–Crippen LogP) is 2.61. The van der Waals surface area contributed by atoms with Gasteiger partial charge in [0.2, 0.25) is 10.0 Å². The molecule has 0 amide bonds. The lowest BCUT2D eigenvalue weighted by Crippen LogP contribution is -2.32. The summed E-state index contributed by atoms with van der Waals surface area (Å²) < 4.78 is 25.0. The van der Waals surface area contributed by atoms with E-state index in [1.54, 1.807) is 0 Å². The van der Waals surface area contributed by atoms with Crippen LogP contribution >= 0.6 is 0 Å². The average molecular weight is 352 g/mol. The van der Waals surface area contributed by atoms with E-state index in [1.165, 1.54) is 10.6 Å². The summed E-state index contributed by atoms with van der Waals surface area (Å²) in [4.78, 5) is 10.4. The van der Waals surface area contributed by atoms with E-state index in [1.807, 2.05) is 0 Å². The lowest BCUT2D eigenvalue weighted by molar-refractivity contribution is -0.137. The van der Waals surface area contributed by atoms with E-state index in [9.17, 15) is 18.3 Å². The van der Waals surface area contributed by atoms with E-state index in [2.05, 4.69) is 6.92 Å². The van der Waals surface area contributed by atoms with Crippen LogP contribution in [0.15, 0.2) is 0 Å². The number of nitrogens with zero attached hydrogens (tertiary/aromatic N) is 1. The van der Waals surface area contributed by atoms with Gasteiger partial charge in [-0.2, -0.15) is 0 Å². The number of carboxylic acid groups (broad SMARTS) is 1. The molecule has 0 heterocycles. The maximum Gasteiger partial charge on any atom is 0.303 e. The van der Waals surface area contributed by atoms with Crippen molar-refractivity contribution in [3.63, 3.8) is 0 Å². The molecule has 0 aromatic heterocycles. The molecular weight excluding hydrogens is 318 g/mol. The molecule has 0 aromatic carbocycles. The summed E-state index contributed by atoms with van der Waals surface area (Å²) in [6.45, 7) is 2.96. The second-order valence-electron chi connectivity index (χ2n) is 6.16. The molecule has 2 N–H and O–H groups in total. The van der Waals surface area contributed by atoms with E-state index in [0.29, 0.717) is 45.2 Å². The minimum absolute atomic E-state index is 0.128. The Morgan fingerprint density at radius 3 is 2.17 bits per heavy atom. The molecular formula is C16H33NO5S. The maximum absolute atomic E-state index is 11.8. The van der Waals surface area contributed by atoms with E-state index < -0.39 is 16.0 Å². The molecule has 1 unspecified atom stereocenters. The fraction of sp³-hybridized carbons (Fsp3) is 0.938. The number of sulfonamides is 1. The van der Waals surface area contributed by atoms with Crippen LogP contribution in [0.4, 0.5) is 0 Å². The quantitative estimate of drug-likeness (QED) is 0.442. The second kappa shape index (κ2) is 12.7. The Morgan fingerprint density at radius 1 is 1.00 bits per heavy atom. The number of aliphatic carboxylic acids is 1. The second-order valence-corrected chi connectivity index (χ2v) is 8.14. The summed E-state index contributed by atoms with van der Waals surface area (Å²) in [5.74, 6) is -0.818. The number of carboxylic acids is 1.